The second kappa shape index (κ2) is 6.58. The number of nitrogens with two attached hydrogens (primary N) is 1. The van der Waals surface area contributed by atoms with Crippen molar-refractivity contribution in [3.05, 3.63) is 58.1 Å². The largest absolute Gasteiger partial charge is 0.573 e. The molecule has 0 amide bonds. The maximum atomic E-state index is 12.1. The molecule has 2 aromatic rings. The van der Waals surface area contributed by atoms with E-state index in [4.69, 9.17) is 10.5 Å². The van der Waals surface area contributed by atoms with Gasteiger partial charge in [0.1, 0.15) is 11.5 Å². The van der Waals surface area contributed by atoms with Crippen LogP contribution in [0.3, 0.4) is 0 Å². The van der Waals surface area contributed by atoms with E-state index in [-0.39, 0.29) is 5.75 Å². The summed E-state index contributed by atoms with van der Waals surface area (Å²) in [4.78, 5) is 0. The van der Waals surface area contributed by atoms with E-state index in [1.54, 1.807) is 19.2 Å². The number of benzene rings is 2. The zero-order valence-electron chi connectivity index (χ0n) is 11.5. The van der Waals surface area contributed by atoms with Gasteiger partial charge in [0.2, 0.25) is 0 Å². The molecule has 0 aliphatic carbocycles. The molecule has 0 aliphatic rings. The number of halogens is 4. The lowest BCUT2D eigenvalue weighted by Gasteiger charge is -2.15. The highest BCUT2D eigenvalue weighted by Crippen LogP contribution is 2.30. The molecule has 0 unspecified atom stereocenters. The van der Waals surface area contributed by atoms with Crippen LogP contribution in [0.5, 0.6) is 11.5 Å². The minimum absolute atomic E-state index is 0.278. The fraction of sp³-hybridized carbons (Fsp3) is 0.200. The topological polar surface area (TPSA) is 44.5 Å². The number of hydrogen-bond donors (Lipinski definition) is 1. The second-order valence-electron chi connectivity index (χ2n) is 4.49. The third-order valence-electron chi connectivity index (χ3n) is 3.01. The lowest BCUT2D eigenvalue weighted by Crippen LogP contribution is -2.17. The van der Waals surface area contributed by atoms with Crippen LogP contribution in [-0.4, -0.2) is 13.5 Å². The molecule has 7 heteroatoms. The highest BCUT2D eigenvalue weighted by Gasteiger charge is 2.31. The Morgan fingerprint density at radius 3 is 2.14 bits per heavy atom. The molecule has 2 rings (SSSR count). The fourth-order valence-corrected chi connectivity index (χ4v) is 2.50. The summed E-state index contributed by atoms with van der Waals surface area (Å²) in [6.45, 7) is 0. The molecule has 1 atom stereocenters. The van der Waals surface area contributed by atoms with Crippen molar-refractivity contribution in [3.8, 4) is 11.5 Å². The van der Waals surface area contributed by atoms with Crippen LogP contribution in [-0.2, 0) is 0 Å². The van der Waals surface area contributed by atoms with Crippen molar-refractivity contribution in [2.24, 2.45) is 5.73 Å². The van der Waals surface area contributed by atoms with Gasteiger partial charge in [-0.2, -0.15) is 0 Å². The summed E-state index contributed by atoms with van der Waals surface area (Å²) in [5.41, 5.74) is 7.61. The molecule has 0 aliphatic heterocycles. The smallest absolute Gasteiger partial charge is 0.496 e. The van der Waals surface area contributed by atoms with E-state index in [2.05, 4.69) is 20.7 Å². The van der Waals surface area contributed by atoms with Crippen molar-refractivity contribution in [2.45, 2.75) is 12.4 Å². The van der Waals surface area contributed by atoms with Gasteiger partial charge in [-0.05, 0) is 51.3 Å². The van der Waals surface area contributed by atoms with Crippen molar-refractivity contribution in [2.75, 3.05) is 7.11 Å². The Morgan fingerprint density at radius 2 is 1.64 bits per heavy atom. The zero-order valence-corrected chi connectivity index (χ0v) is 13.1. The van der Waals surface area contributed by atoms with E-state index in [1.807, 2.05) is 6.07 Å². The SMILES string of the molecule is COc1ccc([C@@H](N)c2ccc(OC(F)(F)F)cc2)cc1Br. The van der Waals surface area contributed by atoms with Gasteiger partial charge in [-0.3, -0.25) is 0 Å². The van der Waals surface area contributed by atoms with Gasteiger partial charge in [0.25, 0.3) is 0 Å². The number of ether oxygens (including phenoxy) is 2. The van der Waals surface area contributed by atoms with Gasteiger partial charge in [0, 0.05) is 0 Å². The maximum absolute atomic E-state index is 12.1. The minimum atomic E-state index is -4.70. The van der Waals surface area contributed by atoms with Crippen molar-refractivity contribution in [3.63, 3.8) is 0 Å². The molecule has 0 radical (unpaired) electrons. The van der Waals surface area contributed by atoms with Gasteiger partial charge in [0.05, 0.1) is 17.6 Å². The molecule has 0 saturated heterocycles. The zero-order chi connectivity index (χ0) is 16.3. The summed E-state index contributed by atoms with van der Waals surface area (Å²) in [5, 5.41) is 0. The third kappa shape index (κ3) is 4.14. The number of methoxy groups -OCH3 is 1. The Balaban J connectivity index is 2.19. The van der Waals surface area contributed by atoms with Crippen LogP contribution in [0.2, 0.25) is 0 Å². The van der Waals surface area contributed by atoms with Crippen LogP contribution in [0.1, 0.15) is 17.2 Å². The van der Waals surface area contributed by atoms with Crippen molar-refractivity contribution >= 4 is 15.9 Å². The van der Waals surface area contributed by atoms with Gasteiger partial charge in [-0.1, -0.05) is 18.2 Å². The maximum Gasteiger partial charge on any atom is 0.573 e. The van der Waals surface area contributed by atoms with Crippen LogP contribution in [0.4, 0.5) is 13.2 Å². The van der Waals surface area contributed by atoms with Gasteiger partial charge < -0.3 is 15.2 Å². The Labute approximate surface area is 134 Å². The molecule has 0 aromatic heterocycles. The molecule has 118 valence electrons. The predicted octanol–water partition coefficient (Wildman–Crippen LogP) is 4.40. The second-order valence-corrected chi connectivity index (χ2v) is 5.34. The molecule has 22 heavy (non-hydrogen) atoms. The lowest BCUT2D eigenvalue weighted by molar-refractivity contribution is -0.274. The van der Waals surface area contributed by atoms with E-state index in [0.29, 0.717) is 11.3 Å². The van der Waals surface area contributed by atoms with Crippen molar-refractivity contribution < 1.29 is 22.6 Å². The fourth-order valence-electron chi connectivity index (χ4n) is 1.95. The molecular formula is C15H13BrF3NO2. The van der Waals surface area contributed by atoms with Crippen LogP contribution < -0.4 is 15.2 Å². The van der Waals surface area contributed by atoms with Crippen LogP contribution in [0.25, 0.3) is 0 Å². The molecular weight excluding hydrogens is 363 g/mol. The average Bonchev–Trinajstić information content (AvgIpc) is 2.45. The molecule has 0 spiro atoms. The minimum Gasteiger partial charge on any atom is -0.496 e. The van der Waals surface area contributed by atoms with Crippen molar-refractivity contribution in [1.82, 2.24) is 0 Å². The summed E-state index contributed by atoms with van der Waals surface area (Å²) in [6.07, 6.45) is -4.70. The van der Waals surface area contributed by atoms with Crippen LogP contribution in [0.15, 0.2) is 46.9 Å². The van der Waals surface area contributed by atoms with Crippen molar-refractivity contribution in [1.29, 1.82) is 0 Å². The first-order valence-corrected chi connectivity index (χ1v) is 7.04. The molecule has 0 saturated carbocycles. The summed E-state index contributed by atoms with van der Waals surface area (Å²) in [6, 6.07) is 10.4. The Kier molecular flexibility index (Phi) is 4.97. The summed E-state index contributed by atoms with van der Waals surface area (Å²) >= 11 is 3.37. The van der Waals surface area contributed by atoms with E-state index < -0.39 is 12.4 Å². The summed E-state index contributed by atoms with van der Waals surface area (Å²) in [5.74, 6) is 0.393. The van der Waals surface area contributed by atoms with Gasteiger partial charge in [0.15, 0.2) is 0 Å². The standard InChI is InChI=1S/C15H13BrF3NO2/c1-21-13-7-4-10(8-12(13)16)14(20)9-2-5-11(6-3-9)22-15(17,18)19/h2-8,14H,20H2,1H3/t14-/m0/s1. The molecule has 0 heterocycles. The monoisotopic (exact) mass is 375 g/mol. The third-order valence-corrected chi connectivity index (χ3v) is 3.63. The normalized spacial score (nSPS) is 12.8. The average molecular weight is 376 g/mol. The van der Waals surface area contributed by atoms with Crippen LogP contribution >= 0.6 is 15.9 Å². The number of rotatable bonds is 4. The van der Waals surface area contributed by atoms with Gasteiger partial charge in [-0.15, -0.1) is 13.2 Å². The Morgan fingerprint density at radius 1 is 1.05 bits per heavy atom. The quantitative estimate of drug-likeness (QED) is 0.860. The Bertz CT molecular complexity index is 644. The number of hydrogen-bond acceptors (Lipinski definition) is 3. The molecule has 2 N–H and O–H groups in total. The number of alkyl halides is 3. The summed E-state index contributed by atoms with van der Waals surface area (Å²) in [7, 11) is 1.55. The van der Waals surface area contributed by atoms with E-state index >= 15 is 0 Å². The van der Waals surface area contributed by atoms with E-state index in [1.165, 1.54) is 24.3 Å². The van der Waals surface area contributed by atoms with Crippen LogP contribution in [0, 0.1) is 0 Å². The highest BCUT2D eigenvalue weighted by molar-refractivity contribution is 9.10. The van der Waals surface area contributed by atoms with Gasteiger partial charge >= 0.3 is 6.36 Å². The summed E-state index contributed by atoms with van der Waals surface area (Å²) < 4.78 is 46.1. The Hall–Kier alpha value is -1.73. The van der Waals surface area contributed by atoms with E-state index in [9.17, 15) is 13.2 Å². The predicted molar refractivity (Wildman–Crippen MR) is 79.8 cm³/mol. The first-order valence-electron chi connectivity index (χ1n) is 6.25. The first kappa shape index (κ1) is 16.6. The molecule has 0 bridgehead atoms. The molecule has 3 nitrogen and oxygen atoms in total. The van der Waals surface area contributed by atoms with Gasteiger partial charge in [-0.25, -0.2) is 0 Å². The first-order chi connectivity index (χ1) is 10.3. The van der Waals surface area contributed by atoms with E-state index in [0.717, 1.165) is 10.0 Å². The lowest BCUT2D eigenvalue weighted by atomic mass is 9.99. The molecule has 0 fully saturated rings. The highest BCUT2D eigenvalue weighted by atomic mass is 79.9. The molecule has 2 aromatic carbocycles.